The Morgan fingerprint density at radius 1 is 1.32 bits per heavy atom. The lowest BCUT2D eigenvalue weighted by atomic mass is 10.0. The van der Waals surface area contributed by atoms with Crippen molar-refractivity contribution in [3.63, 3.8) is 0 Å². The van der Waals surface area contributed by atoms with Crippen molar-refractivity contribution >= 4 is 12.3 Å². The van der Waals surface area contributed by atoms with Crippen LogP contribution in [0.1, 0.15) is 25.5 Å². The van der Waals surface area contributed by atoms with Crippen LogP contribution in [-0.2, 0) is 9.53 Å². The van der Waals surface area contributed by atoms with Crippen molar-refractivity contribution in [1.29, 1.82) is 0 Å². The Kier molecular flexibility index (Phi) is 4.14. The molecule has 1 aromatic carbocycles. The number of amides is 1. The van der Waals surface area contributed by atoms with Crippen molar-refractivity contribution in [3.05, 3.63) is 35.6 Å². The topological polar surface area (TPSA) is 41.9 Å². The van der Waals surface area contributed by atoms with Gasteiger partial charge in [-0.15, -0.1) is 0 Å². The average molecular weight is 264 g/mol. The number of benzene rings is 1. The molecule has 0 bridgehead atoms. The molecule has 1 aromatic rings. The molecule has 0 N–H and O–H groups in total. The molecular formula is C14H17FN2O2. The molecule has 0 fully saturated rings. The SMILES string of the molecule is CCN(CC)C(=O)[C@H]1N=CO[C@@H]1c1ccc(F)cc1. The summed E-state index contributed by atoms with van der Waals surface area (Å²) in [5.74, 6) is -0.373. The Morgan fingerprint density at radius 3 is 2.53 bits per heavy atom. The van der Waals surface area contributed by atoms with Gasteiger partial charge in [0.2, 0.25) is 0 Å². The highest BCUT2D eigenvalue weighted by molar-refractivity contribution is 5.85. The van der Waals surface area contributed by atoms with Crippen LogP contribution in [0.25, 0.3) is 0 Å². The summed E-state index contributed by atoms with van der Waals surface area (Å²) in [6.07, 6.45) is 0.841. The molecule has 0 saturated carbocycles. The average Bonchev–Trinajstić information content (AvgIpc) is 2.90. The zero-order valence-corrected chi connectivity index (χ0v) is 11.0. The maximum absolute atomic E-state index is 12.9. The zero-order valence-electron chi connectivity index (χ0n) is 11.0. The number of rotatable bonds is 4. The molecule has 5 heteroatoms. The van der Waals surface area contributed by atoms with Crippen molar-refractivity contribution in [2.45, 2.75) is 26.0 Å². The van der Waals surface area contributed by atoms with Crippen LogP contribution in [0.15, 0.2) is 29.3 Å². The fourth-order valence-corrected chi connectivity index (χ4v) is 2.15. The van der Waals surface area contributed by atoms with E-state index in [1.165, 1.54) is 18.5 Å². The van der Waals surface area contributed by atoms with Crippen molar-refractivity contribution in [1.82, 2.24) is 4.90 Å². The second kappa shape index (κ2) is 5.82. The van der Waals surface area contributed by atoms with Crippen LogP contribution in [-0.4, -0.2) is 36.3 Å². The molecule has 102 valence electrons. The summed E-state index contributed by atoms with van der Waals surface area (Å²) in [6, 6.07) is 5.38. The number of ether oxygens (including phenoxy) is 1. The van der Waals surface area contributed by atoms with E-state index in [2.05, 4.69) is 4.99 Å². The predicted octanol–water partition coefficient (Wildman–Crippen LogP) is 2.16. The van der Waals surface area contributed by atoms with Crippen molar-refractivity contribution < 1.29 is 13.9 Å². The summed E-state index contributed by atoms with van der Waals surface area (Å²) in [5.41, 5.74) is 0.754. The maximum Gasteiger partial charge on any atom is 0.251 e. The van der Waals surface area contributed by atoms with Gasteiger partial charge in [0, 0.05) is 13.1 Å². The molecule has 1 amide bonds. The van der Waals surface area contributed by atoms with E-state index in [-0.39, 0.29) is 11.7 Å². The third-order valence-corrected chi connectivity index (χ3v) is 3.24. The summed E-state index contributed by atoms with van der Waals surface area (Å²) in [4.78, 5) is 18.1. The van der Waals surface area contributed by atoms with Crippen LogP contribution >= 0.6 is 0 Å². The van der Waals surface area contributed by atoms with E-state index in [1.807, 2.05) is 13.8 Å². The lowest BCUT2D eigenvalue weighted by Crippen LogP contribution is -2.39. The second-order valence-corrected chi connectivity index (χ2v) is 4.32. The summed E-state index contributed by atoms with van der Waals surface area (Å²) in [6.45, 7) is 5.12. The van der Waals surface area contributed by atoms with Crippen molar-refractivity contribution in [2.75, 3.05) is 13.1 Å². The molecule has 1 heterocycles. The van der Waals surface area contributed by atoms with Gasteiger partial charge in [-0.25, -0.2) is 9.38 Å². The second-order valence-electron chi connectivity index (χ2n) is 4.32. The van der Waals surface area contributed by atoms with Crippen molar-refractivity contribution in [2.24, 2.45) is 4.99 Å². The van der Waals surface area contributed by atoms with Gasteiger partial charge in [-0.2, -0.15) is 0 Å². The first-order chi connectivity index (χ1) is 9.17. The first-order valence-electron chi connectivity index (χ1n) is 6.38. The normalized spacial score (nSPS) is 21.2. The van der Waals surface area contributed by atoms with Crippen LogP contribution in [0, 0.1) is 5.82 Å². The highest BCUT2D eigenvalue weighted by Crippen LogP contribution is 2.28. The lowest BCUT2D eigenvalue weighted by Gasteiger charge is -2.24. The Bertz CT molecular complexity index is 469. The summed E-state index contributed by atoms with van der Waals surface area (Å²) in [7, 11) is 0. The van der Waals surface area contributed by atoms with Gasteiger partial charge in [-0.3, -0.25) is 4.79 Å². The number of carbonyl (C=O) groups excluding carboxylic acids is 1. The number of hydrogen-bond donors (Lipinski definition) is 0. The number of likely N-dealkylation sites (N-methyl/N-ethyl adjacent to an activating group) is 1. The van der Waals surface area contributed by atoms with Crippen LogP contribution in [0.5, 0.6) is 0 Å². The van der Waals surface area contributed by atoms with Gasteiger partial charge in [0.1, 0.15) is 5.82 Å². The fraction of sp³-hybridized carbons (Fsp3) is 0.429. The molecule has 1 aliphatic rings. The number of halogens is 1. The fourth-order valence-electron chi connectivity index (χ4n) is 2.15. The molecule has 0 aliphatic carbocycles. The largest absolute Gasteiger partial charge is 0.473 e. The van der Waals surface area contributed by atoms with Gasteiger partial charge >= 0.3 is 0 Å². The number of hydrogen-bond acceptors (Lipinski definition) is 3. The Hall–Kier alpha value is -1.91. The van der Waals surface area contributed by atoms with Crippen molar-refractivity contribution in [3.8, 4) is 0 Å². The minimum Gasteiger partial charge on any atom is -0.473 e. The number of aliphatic imine (C=N–C) groups is 1. The van der Waals surface area contributed by atoms with Gasteiger partial charge in [0.25, 0.3) is 5.91 Å². The number of nitrogens with zero attached hydrogens (tertiary/aromatic N) is 2. The predicted molar refractivity (Wildman–Crippen MR) is 70.4 cm³/mol. The zero-order chi connectivity index (χ0) is 13.8. The van der Waals surface area contributed by atoms with Crippen LogP contribution in [0.2, 0.25) is 0 Å². The minimum atomic E-state index is -0.578. The Labute approximate surface area is 111 Å². The first kappa shape index (κ1) is 13.5. The quantitative estimate of drug-likeness (QED) is 0.836. The van der Waals surface area contributed by atoms with Gasteiger partial charge in [-0.1, -0.05) is 12.1 Å². The number of carbonyl (C=O) groups is 1. The lowest BCUT2D eigenvalue weighted by molar-refractivity contribution is -0.133. The third kappa shape index (κ3) is 2.75. The molecule has 0 radical (unpaired) electrons. The summed E-state index contributed by atoms with van der Waals surface area (Å²) < 4.78 is 18.3. The summed E-state index contributed by atoms with van der Waals surface area (Å²) in [5, 5.41) is 0. The van der Waals surface area contributed by atoms with E-state index in [0.29, 0.717) is 13.1 Å². The van der Waals surface area contributed by atoms with Gasteiger partial charge in [0.15, 0.2) is 18.5 Å². The molecule has 0 saturated heterocycles. The van der Waals surface area contributed by atoms with Gasteiger partial charge in [-0.05, 0) is 31.5 Å². The van der Waals surface area contributed by atoms with E-state index in [9.17, 15) is 9.18 Å². The Balaban J connectivity index is 2.18. The van der Waals surface area contributed by atoms with Crippen LogP contribution in [0.3, 0.4) is 0 Å². The highest BCUT2D eigenvalue weighted by Gasteiger charge is 2.35. The molecule has 19 heavy (non-hydrogen) atoms. The molecular weight excluding hydrogens is 247 g/mol. The summed E-state index contributed by atoms with van der Waals surface area (Å²) >= 11 is 0. The smallest absolute Gasteiger partial charge is 0.251 e. The molecule has 0 spiro atoms. The monoisotopic (exact) mass is 264 g/mol. The Morgan fingerprint density at radius 2 is 1.95 bits per heavy atom. The first-order valence-corrected chi connectivity index (χ1v) is 6.38. The van der Waals surface area contributed by atoms with E-state index in [1.54, 1.807) is 17.0 Å². The van der Waals surface area contributed by atoms with E-state index in [0.717, 1.165) is 5.56 Å². The highest BCUT2D eigenvalue weighted by atomic mass is 19.1. The molecule has 1 aliphatic heterocycles. The van der Waals surface area contributed by atoms with E-state index in [4.69, 9.17) is 4.74 Å². The van der Waals surface area contributed by atoms with Gasteiger partial charge in [0.05, 0.1) is 0 Å². The maximum atomic E-state index is 12.9. The van der Waals surface area contributed by atoms with Crippen LogP contribution < -0.4 is 0 Å². The van der Waals surface area contributed by atoms with Gasteiger partial charge < -0.3 is 9.64 Å². The van der Waals surface area contributed by atoms with E-state index >= 15 is 0 Å². The third-order valence-electron chi connectivity index (χ3n) is 3.24. The molecule has 0 unspecified atom stereocenters. The minimum absolute atomic E-state index is 0.0620. The standard InChI is InChI=1S/C14H17FN2O2/c1-3-17(4-2)14(18)12-13(19-9-16-12)10-5-7-11(15)8-6-10/h5-9,12-13H,3-4H2,1-2H3/t12-,13+/m0/s1. The molecule has 0 aromatic heterocycles. The van der Waals surface area contributed by atoms with Crippen LogP contribution in [0.4, 0.5) is 4.39 Å². The molecule has 2 rings (SSSR count). The molecule has 2 atom stereocenters. The van der Waals surface area contributed by atoms with E-state index < -0.39 is 12.1 Å². The molecule has 4 nitrogen and oxygen atoms in total.